The minimum atomic E-state index is -0.603. The highest BCUT2D eigenvalue weighted by Gasteiger charge is 2.14. The van der Waals surface area contributed by atoms with Gasteiger partial charge in [-0.15, -0.1) is 0 Å². The summed E-state index contributed by atoms with van der Waals surface area (Å²) < 4.78 is 33.6. The molecule has 1 amide bonds. The minimum absolute atomic E-state index is 0.0735. The Kier molecular flexibility index (Phi) is 10.2. The number of hydrogen-bond acceptors (Lipinski definition) is 6. The number of likely N-dealkylation sites (N-methyl/N-ethyl adjacent to an activating group) is 1. The van der Waals surface area contributed by atoms with Gasteiger partial charge < -0.3 is 15.0 Å². The van der Waals surface area contributed by atoms with Crippen LogP contribution in [0.5, 0.6) is 5.75 Å². The van der Waals surface area contributed by atoms with E-state index in [9.17, 15) is 13.6 Å². The summed E-state index contributed by atoms with van der Waals surface area (Å²) >= 11 is 0. The van der Waals surface area contributed by atoms with Crippen LogP contribution in [-0.4, -0.2) is 79.6 Å². The largest absolute Gasteiger partial charge is 0.492 e. The van der Waals surface area contributed by atoms with Gasteiger partial charge in [0.15, 0.2) is 5.84 Å². The maximum absolute atomic E-state index is 14.8. The molecule has 10 heteroatoms. The molecule has 0 unspecified atom stereocenters. The summed E-state index contributed by atoms with van der Waals surface area (Å²) in [5.74, 6) is -0.843. The number of amides is 1. The topological polar surface area (TPSA) is 82.4 Å². The fraction of sp³-hybridized carbons (Fsp3) is 0.385. The van der Waals surface area contributed by atoms with Gasteiger partial charge in [0.05, 0.1) is 5.56 Å². The van der Waals surface area contributed by atoms with E-state index in [-0.39, 0.29) is 30.3 Å². The Morgan fingerprint density at radius 3 is 2.69 bits per heavy atom. The molecule has 3 rings (SSSR count). The van der Waals surface area contributed by atoms with Gasteiger partial charge in [0.2, 0.25) is 11.9 Å². The van der Waals surface area contributed by atoms with E-state index >= 15 is 0 Å². The summed E-state index contributed by atoms with van der Waals surface area (Å²) in [4.78, 5) is 28.3. The third kappa shape index (κ3) is 8.62. The number of nitrogens with one attached hydrogen (secondary N) is 1. The monoisotopic (exact) mass is 498 g/mol. The molecule has 192 valence electrons. The first kappa shape index (κ1) is 27.1. The van der Waals surface area contributed by atoms with Crippen LogP contribution in [0.4, 0.5) is 8.78 Å². The zero-order chi connectivity index (χ0) is 25.9. The fourth-order valence-electron chi connectivity index (χ4n) is 3.61. The van der Waals surface area contributed by atoms with E-state index in [0.29, 0.717) is 23.5 Å². The number of rotatable bonds is 10. The first-order valence-electron chi connectivity index (χ1n) is 11.7. The summed E-state index contributed by atoms with van der Waals surface area (Å²) in [5, 5.41) is 2.71. The van der Waals surface area contributed by atoms with E-state index < -0.39 is 11.8 Å². The van der Waals surface area contributed by atoms with Crippen molar-refractivity contribution in [2.45, 2.75) is 19.9 Å². The smallest absolute Gasteiger partial charge is 0.224 e. The van der Waals surface area contributed by atoms with E-state index in [1.165, 1.54) is 24.5 Å². The Balaban J connectivity index is 1.52. The molecule has 1 aliphatic rings. The number of piperazine rings is 1. The van der Waals surface area contributed by atoms with Crippen molar-refractivity contribution in [3.8, 4) is 5.75 Å². The van der Waals surface area contributed by atoms with Gasteiger partial charge in [-0.2, -0.15) is 4.39 Å². The zero-order valence-corrected chi connectivity index (χ0v) is 20.7. The van der Waals surface area contributed by atoms with E-state index in [2.05, 4.69) is 43.9 Å². The lowest BCUT2D eigenvalue weighted by Crippen LogP contribution is -2.45. The molecule has 0 spiro atoms. The van der Waals surface area contributed by atoms with E-state index in [1.54, 1.807) is 25.1 Å². The number of carbonyl (C=O) groups excluding carboxylic acids is 1. The van der Waals surface area contributed by atoms with Crippen molar-refractivity contribution in [2.75, 3.05) is 46.4 Å². The Hall–Kier alpha value is -3.50. The molecule has 0 bridgehead atoms. The second kappa shape index (κ2) is 13.6. The van der Waals surface area contributed by atoms with Gasteiger partial charge in [-0.05, 0) is 56.1 Å². The highest BCUT2D eigenvalue weighted by molar-refractivity contribution is 6.02. The second-order valence-electron chi connectivity index (χ2n) is 8.66. The number of ether oxygens (including phenoxy) is 1. The molecule has 1 N–H and O–H groups in total. The number of aromatic nitrogens is 1. The van der Waals surface area contributed by atoms with E-state index in [0.717, 1.165) is 32.7 Å². The molecule has 0 saturated carbocycles. The van der Waals surface area contributed by atoms with E-state index in [1.807, 2.05) is 0 Å². The molecule has 1 aliphatic heterocycles. The molecule has 1 saturated heterocycles. The van der Waals surface area contributed by atoms with Crippen molar-refractivity contribution < 1.29 is 18.3 Å². The van der Waals surface area contributed by atoms with Gasteiger partial charge in [-0.25, -0.2) is 19.4 Å². The van der Waals surface area contributed by atoms with Crippen molar-refractivity contribution in [1.82, 2.24) is 20.1 Å². The second-order valence-corrected chi connectivity index (χ2v) is 8.66. The standard InChI is InChI=1S/C26H32F2N6O2/c1-19(14-25(35)31-18-20-6-7-30-24(28)15-20)17-32-26(29-2)22-5-4-21(16-23(22)27)36-13-12-34-10-8-33(3)9-11-34/h4-7,15-17H,2,8-14,18H2,1,3H3,(H,31,35)/b19-17+,32-26-. The van der Waals surface area contributed by atoms with Crippen LogP contribution < -0.4 is 10.1 Å². The molecule has 0 radical (unpaired) electrons. The summed E-state index contributed by atoms with van der Waals surface area (Å²) in [6.07, 6.45) is 2.87. The molecule has 0 aliphatic carbocycles. The number of aliphatic imine (C=N–C) groups is 2. The number of amidine groups is 1. The van der Waals surface area contributed by atoms with Crippen LogP contribution in [0.15, 0.2) is 58.3 Å². The van der Waals surface area contributed by atoms with Crippen molar-refractivity contribution in [1.29, 1.82) is 0 Å². The predicted octanol–water partition coefficient (Wildman–Crippen LogP) is 3.04. The van der Waals surface area contributed by atoms with Gasteiger partial charge in [-0.3, -0.25) is 9.69 Å². The van der Waals surface area contributed by atoms with Gasteiger partial charge in [0.1, 0.15) is 18.2 Å². The Bertz CT molecular complexity index is 1110. The molecule has 2 aromatic rings. The summed E-state index contributed by atoms with van der Waals surface area (Å²) in [7, 11) is 2.11. The van der Waals surface area contributed by atoms with Crippen LogP contribution >= 0.6 is 0 Å². The SMILES string of the molecule is C=N/C(=N\C=C(/C)CC(=O)NCc1ccnc(F)c1)c1ccc(OCCN2CCN(C)CC2)cc1F. The molecular weight excluding hydrogens is 466 g/mol. The Labute approximate surface area is 210 Å². The normalized spacial score (nSPS) is 15.6. The van der Waals surface area contributed by atoms with Crippen molar-refractivity contribution in [3.05, 3.63) is 71.2 Å². The highest BCUT2D eigenvalue weighted by atomic mass is 19.1. The van der Waals surface area contributed by atoms with Crippen molar-refractivity contribution >= 4 is 18.5 Å². The lowest BCUT2D eigenvalue weighted by molar-refractivity contribution is -0.120. The minimum Gasteiger partial charge on any atom is -0.492 e. The van der Waals surface area contributed by atoms with E-state index in [4.69, 9.17) is 4.74 Å². The number of halogens is 2. The first-order valence-corrected chi connectivity index (χ1v) is 11.7. The van der Waals surface area contributed by atoms with Crippen LogP contribution in [0, 0.1) is 11.8 Å². The van der Waals surface area contributed by atoms with Crippen molar-refractivity contribution in [3.63, 3.8) is 0 Å². The summed E-state index contributed by atoms with van der Waals surface area (Å²) in [5.41, 5.74) is 1.43. The third-order valence-electron chi connectivity index (χ3n) is 5.73. The molecule has 2 heterocycles. The maximum Gasteiger partial charge on any atom is 0.224 e. The summed E-state index contributed by atoms with van der Waals surface area (Å²) in [6.45, 7) is 10.7. The molecule has 0 atom stereocenters. The van der Waals surface area contributed by atoms with Gasteiger partial charge in [-0.1, -0.05) is 0 Å². The Morgan fingerprint density at radius 2 is 2.00 bits per heavy atom. The van der Waals surface area contributed by atoms with Crippen LogP contribution in [0.2, 0.25) is 0 Å². The number of pyridine rings is 1. The molecule has 8 nitrogen and oxygen atoms in total. The number of carbonyl (C=O) groups is 1. The lowest BCUT2D eigenvalue weighted by Gasteiger charge is -2.32. The first-order chi connectivity index (χ1) is 17.3. The van der Waals surface area contributed by atoms with Crippen molar-refractivity contribution in [2.24, 2.45) is 9.98 Å². The molecule has 1 aromatic carbocycles. The fourth-order valence-corrected chi connectivity index (χ4v) is 3.61. The van der Waals surface area contributed by atoms with Gasteiger partial charge >= 0.3 is 0 Å². The number of hydrogen-bond donors (Lipinski definition) is 1. The van der Waals surface area contributed by atoms with Crippen LogP contribution in [0.3, 0.4) is 0 Å². The zero-order valence-electron chi connectivity index (χ0n) is 20.7. The molecule has 1 fully saturated rings. The predicted molar refractivity (Wildman–Crippen MR) is 136 cm³/mol. The average Bonchev–Trinajstić information content (AvgIpc) is 2.85. The molecule has 1 aromatic heterocycles. The summed E-state index contributed by atoms with van der Waals surface area (Å²) in [6, 6.07) is 7.42. The maximum atomic E-state index is 14.8. The highest BCUT2D eigenvalue weighted by Crippen LogP contribution is 2.18. The quantitative estimate of drug-likeness (QED) is 0.309. The average molecular weight is 499 g/mol. The number of nitrogens with zero attached hydrogens (tertiary/aromatic N) is 5. The lowest BCUT2D eigenvalue weighted by atomic mass is 10.2. The van der Waals surface area contributed by atoms with Crippen LogP contribution in [-0.2, 0) is 11.3 Å². The van der Waals surface area contributed by atoms with Gasteiger partial charge in [0, 0.05) is 64.2 Å². The third-order valence-corrected chi connectivity index (χ3v) is 5.73. The van der Waals surface area contributed by atoms with Crippen LogP contribution in [0.25, 0.3) is 0 Å². The molecule has 36 heavy (non-hydrogen) atoms. The van der Waals surface area contributed by atoms with Gasteiger partial charge in [0.25, 0.3) is 0 Å². The van der Waals surface area contributed by atoms with Crippen LogP contribution in [0.1, 0.15) is 24.5 Å². The Morgan fingerprint density at radius 1 is 1.22 bits per heavy atom. The molecular formula is C26H32F2N6O2. The number of benzene rings is 1.